The zero-order valence-electron chi connectivity index (χ0n) is 19.9. The van der Waals surface area contributed by atoms with E-state index in [-0.39, 0.29) is 0 Å². The predicted molar refractivity (Wildman–Crippen MR) is 131 cm³/mol. The van der Waals surface area contributed by atoms with Crippen molar-refractivity contribution >= 4 is 16.7 Å². The van der Waals surface area contributed by atoms with E-state index < -0.39 is 0 Å². The maximum Gasteiger partial charge on any atom is 0.151 e. The Kier molecular flexibility index (Phi) is 6.39. The second-order valence-corrected chi connectivity index (χ2v) is 9.28. The van der Waals surface area contributed by atoms with Gasteiger partial charge in [-0.15, -0.1) is 10.2 Å². The Balaban J connectivity index is 1.26. The van der Waals surface area contributed by atoms with Gasteiger partial charge in [-0.25, -0.2) is 4.68 Å². The molecule has 1 unspecified atom stereocenters. The Morgan fingerprint density at radius 2 is 2.12 bits per heavy atom. The summed E-state index contributed by atoms with van der Waals surface area (Å²) in [5.74, 6) is 2.32. The molecule has 0 amide bonds. The molecule has 178 valence electrons. The van der Waals surface area contributed by atoms with Crippen molar-refractivity contribution in [1.29, 1.82) is 0 Å². The molecule has 5 rings (SSSR count). The second kappa shape index (κ2) is 9.76. The van der Waals surface area contributed by atoms with Gasteiger partial charge in [0.2, 0.25) is 0 Å². The molecule has 4 aromatic rings. The molecule has 1 fully saturated rings. The van der Waals surface area contributed by atoms with Crippen LogP contribution in [-0.4, -0.2) is 68.2 Å². The van der Waals surface area contributed by atoms with Crippen LogP contribution in [0.5, 0.6) is 5.75 Å². The van der Waals surface area contributed by atoms with E-state index in [1.54, 1.807) is 18.0 Å². The van der Waals surface area contributed by atoms with Crippen molar-refractivity contribution in [2.24, 2.45) is 5.92 Å². The van der Waals surface area contributed by atoms with Crippen molar-refractivity contribution in [3.05, 3.63) is 42.4 Å². The third-order valence-electron chi connectivity index (χ3n) is 6.17. The number of H-pyrrole nitrogens is 1. The molecule has 0 saturated carbocycles. The first kappa shape index (κ1) is 22.3. The van der Waals surface area contributed by atoms with E-state index in [9.17, 15) is 0 Å². The van der Waals surface area contributed by atoms with Crippen LogP contribution in [0.4, 0.5) is 5.82 Å². The van der Waals surface area contributed by atoms with Gasteiger partial charge in [0.05, 0.1) is 37.3 Å². The molecule has 1 aliphatic heterocycles. The molecule has 34 heavy (non-hydrogen) atoms. The van der Waals surface area contributed by atoms with E-state index in [1.165, 1.54) is 6.42 Å². The van der Waals surface area contributed by atoms with E-state index in [2.05, 4.69) is 60.8 Å². The lowest BCUT2D eigenvalue weighted by Gasteiger charge is -2.34. The van der Waals surface area contributed by atoms with Gasteiger partial charge < -0.3 is 15.0 Å². The molecule has 0 aliphatic carbocycles. The first-order valence-electron chi connectivity index (χ1n) is 11.8. The number of nitrogens with zero attached hydrogens (tertiary/aromatic N) is 7. The van der Waals surface area contributed by atoms with Gasteiger partial charge in [0.1, 0.15) is 11.4 Å². The maximum atomic E-state index is 5.42. The summed E-state index contributed by atoms with van der Waals surface area (Å²) in [6, 6.07) is 8.45. The van der Waals surface area contributed by atoms with Crippen molar-refractivity contribution in [1.82, 2.24) is 40.7 Å². The van der Waals surface area contributed by atoms with Crippen LogP contribution in [-0.2, 0) is 6.54 Å². The topological polar surface area (TPSA) is 110 Å². The summed E-state index contributed by atoms with van der Waals surface area (Å²) in [5, 5.41) is 29.4. The van der Waals surface area contributed by atoms with E-state index in [4.69, 9.17) is 4.74 Å². The SMILES string of the molecule is COc1cc(-c2cn(Cc3ccc(N4CCCC(NCC(C)C)C4)nn3)nn2)c2cn[nH]c2c1. The Bertz CT molecular complexity index is 1230. The van der Waals surface area contributed by atoms with Crippen LogP contribution >= 0.6 is 0 Å². The average Bonchev–Trinajstić information content (AvgIpc) is 3.52. The number of methoxy groups -OCH3 is 1. The summed E-state index contributed by atoms with van der Waals surface area (Å²) in [5.41, 5.74) is 3.40. The smallest absolute Gasteiger partial charge is 0.151 e. The van der Waals surface area contributed by atoms with Crippen molar-refractivity contribution in [2.45, 2.75) is 39.3 Å². The molecular weight excluding hydrogens is 430 g/mol. The molecule has 0 bridgehead atoms. The van der Waals surface area contributed by atoms with E-state index in [0.29, 0.717) is 18.5 Å². The lowest BCUT2D eigenvalue weighted by molar-refractivity contribution is 0.398. The molecule has 10 nitrogen and oxygen atoms in total. The standard InChI is InChI=1S/C24H31N9O/c1-16(2)11-25-17-5-4-8-32(13-17)24-7-6-18(27-30-24)14-33-15-23(29-31-33)20-9-19(34-3)10-22-21(20)12-26-28-22/h6-7,9-10,12,15-17,25H,4-5,8,11,13-14H2,1-3H3,(H,26,28). The largest absolute Gasteiger partial charge is 0.497 e. The first-order chi connectivity index (χ1) is 16.6. The van der Waals surface area contributed by atoms with Gasteiger partial charge in [0.25, 0.3) is 0 Å². The van der Waals surface area contributed by atoms with Crippen LogP contribution in [0, 0.1) is 5.92 Å². The molecule has 4 heterocycles. The molecule has 1 aromatic carbocycles. The van der Waals surface area contributed by atoms with Gasteiger partial charge in [0.15, 0.2) is 5.82 Å². The van der Waals surface area contributed by atoms with E-state index >= 15 is 0 Å². The van der Waals surface area contributed by atoms with Crippen LogP contribution in [0.25, 0.3) is 22.2 Å². The molecular formula is C24H31N9O. The average molecular weight is 462 g/mol. The number of nitrogens with one attached hydrogen (secondary N) is 2. The number of aromatic amines is 1. The summed E-state index contributed by atoms with van der Waals surface area (Å²) in [6.45, 7) is 8.01. The lowest BCUT2D eigenvalue weighted by atomic mass is 10.0. The summed E-state index contributed by atoms with van der Waals surface area (Å²) in [7, 11) is 1.65. The van der Waals surface area contributed by atoms with Crippen LogP contribution in [0.15, 0.2) is 36.7 Å². The normalized spacial score (nSPS) is 16.5. The van der Waals surface area contributed by atoms with Gasteiger partial charge in [0, 0.05) is 36.1 Å². The van der Waals surface area contributed by atoms with Gasteiger partial charge in [-0.3, -0.25) is 5.10 Å². The number of hydrogen-bond donors (Lipinski definition) is 2. The number of anilines is 1. The van der Waals surface area contributed by atoms with Crippen LogP contribution < -0.4 is 15.0 Å². The first-order valence-corrected chi connectivity index (χ1v) is 11.8. The van der Waals surface area contributed by atoms with Crippen molar-refractivity contribution < 1.29 is 4.74 Å². The maximum absolute atomic E-state index is 5.42. The number of aromatic nitrogens is 7. The highest BCUT2D eigenvalue weighted by molar-refractivity contribution is 5.94. The van der Waals surface area contributed by atoms with Crippen LogP contribution in [0.3, 0.4) is 0 Å². The summed E-state index contributed by atoms with van der Waals surface area (Å²) >= 11 is 0. The number of piperidine rings is 1. The minimum atomic E-state index is 0.497. The van der Waals surface area contributed by atoms with E-state index in [1.807, 2.05) is 24.4 Å². The minimum Gasteiger partial charge on any atom is -0.497 e. The molecule has 2 N–H and O–H groups in total. The van der Waals surface area contributed by atoms with Gasteiger partial charge in [-0.1, -0.05) is 19.1 Å². The number of fused-ring (bicyclic) bond motifs is 1. The quantitative estimate of drug-likeness (QED) is 0.412. The van der Waals surface area contributed by atoms with Gasteiger partial charge in [-0.2, -0.15) is 10.2 Å². The van der Waals surface area contributed by atoms with Gasteiger partial charge in [-0.05, 0) is 43.5 Å². The molecule has 1 atom stereocenters. The summed E-state index contributed by atoms with van der Waals surface area (Å²) in [6.07, 6.45) is 6.07. The molecule has 3 aromatic heterocycles. The Morgan fingerprint density at radius 3 is 2.91 bits per heavy atom. The van der Waals surface area contributed by atoms with E-state index in [0.717, 1.165) is 65.5 Å². The Morgan fingerprint density at radius 1 is 1.21 bits per heavy atom. The Hall–Kier alpha value is -3.53. The molecule has 10 heteroatoms. The zero-order chi connectivity index (χ0) is 23.5. The summed E-state index contributed by atoms with van der Waals surface area (Å²) < 4.78 is 7.19. The van der Waals surface area contributed by atoms with Crippen molar-refractivity contribution in [2.75, 3.05) is 31.6 Å². The van der Waals surface area contributed by atoms with Gasteiger partial charge >= 0.3 is 0 Å². The third kappa shape index (κ3) is 4.86. The van der Waals surface area contributed by atoms with Crippen molar-refractivity contribution in [3.63, 3.8) is 0 Å². The molecule has 0 radical (unpaired) electrons. The molecule has 1 saturated heterocycles. The number of rotatable bonds is 8. The number of hydrogen-bond acceptors (Lipinski definition) is 8. The number of benzene rings is 1. The molecule has 1 aliphatic rings. The fourth-order valence-corrected chi connectivity index (χ4v) is 4.38. The Labute approximate surface area is 198 Å². The second-order valence-electron chi connectivity index (χ2n) is 9.28. The monoisotopic (exact) mass is 461 g/mol. The number of ether oxygens (including phenoxy) is 1. The van der Waals surface area contributed by atoms with Crippen molar-refractivity contribution in [3.8, 4) is 17.0 Å². The molecule has 0 spiro atoms. The zero-order valence-corrected chi connectivity index (χ0v) is 19.9. The lowest BCUT2D eigenvalue weighted by Crippen LogP contribution is -2.47. The highest BCUT2D eigenvalue weighted by atomic mass is 16.5. The highest BCUT2D eigenvalue weighted by Gasteiger charge is 2.21. The fraction of sp³-hybridized carbons (Fsp3) is 0.458. The summed E-state index contributed by atoms with van der Waals surface area (Å²) in [4.78, 5) is 2.32. The third-order valence-corrected chi connectivity index (χ3v) is 6.17. The minimum absolute atomic E-state index is 0.497. The van der Waals surface area contributed by atoms with Crippen LogP contribution in [0.1, 0.15) is 32.4 Å². The fourth-order valence-electron chi connectivity index (χ4n) is 4.38. The van der Waals surface area contributed by atoms with Crippen LogP contribution in [0.2, 0.25) is 0 Å². The predicted octanol–water partition coefficient (Wildman–Crippen LogP) is 2.88. The highest BCUT2D eigenvalue weighted by Crippen LogP contribution is 2.30.